The van der Waals surface area contributed by atoms with Crippen molar-refractivity contribution in [1.82, 2.24) is 10.2 Å². The van der Waals surface area contributed by atoms with Crippen LogP contribution in [-0.2, 0) is 6.42 Å². The molecule has 2 aliphatic rings. The van der Waals surface area contributed by atoms with Crippen molar-refractivity contribution in [2.24, 2.45) is 0 Å². The SMILES string of the molecule is Cc1cccc2c1CC1CNCCN1C2=O. The van der Waals surface area contributed by atoms with Crippen LogP contribution < -0.4 is 5.32 Å². The van der Waals surface area contributed by atoms with Gasteiger partial charge in [-0.25, -0.2) is 0 Å². The molecule has 1 fully saturated rings. The lowest BCUT2D eigenvalue weighted by molar-refractivity contribution is 0.0606. The minimum absolute atomic E-state index is 0.219. The zero-order valence-electron chi connectivity index (χ0n) is 9.49. The summed E-state index contributed by atoms with van der Waals surface area (Å²) in [5, 5.41) is 3.36. The van der Waals surface area contributed by atoms with Crippen LogP contribution >= 0.6 is 0 Å². The molecule has 3 nitrogen and oxygen atoms in total. The average molecular weight is 216 g/mol. The summed E-state index contributed by atoms with van der Waals surface area (Å²) >= 11 is 0. The number of rotatable bonds is 0. The van der Waals surface area contributed by atoms with Gasteiger partial charge in [0.25, 0.3) is 5.91 Å². The van der Waals surface area contributed by atoms with Gasteiger partial charge in [0.15, 0.2) is 0 Å². The zero-order chi connectivity index (χ0) is 11.1. The van der Waals surface area contributed by atoms with Gasteiger partial charge in [-0.3, -0.25) is 4.79 Å². The van der Waals surface area contributed by atoms with Crippen LogP contribution in [0.4, 0.5) is 0 Å². The average Bonchev–Trinajstić information content (AvgIpc) is 2.31. The van der Waals surface area contributed by atoms with E-state index in [0.717, 1.165) is 31.6 Å². The molecule has 3 heteroatoms. The molecule has 1 saturated heterocycles. The number of carbonyl (C=O) groups is 1. The Bertz CT molecular complexity index is 442. The largest absolute Gasteiger partial charge is 0.333 e. The molecule has 1 aromatic rings. The third kappa shape index (κ3) is 1.35. The Morgan fingerprint density at radius 2 is 2.31 bits per heavy atom. The van der Waals surface area contributed by atoms with Gasteiger partial charge in [-0.1, -0.05) is 12.1 Å². The number of nitrogens with zero attached hydrogens (tertiary/aromatic N) is 1. The molecule has 84 valence electrons. The maximum atomic E-state index is 12.3. The molecule has 0 spiro atoms. The Morgan fingerprint density at radius 1 is 1.44 bits per heavy atom. The molecule has 1 atom stereocenters. The van der Waals surface area contributed by atoms with E-state index in [1.54, 1.807) is 0 Å². The fourth-order valence-corrected chi connectivity index (χ4v) is 2.77. The standard InChI is InChI=1S/C13H16N2O/c1-9-3-2-4-11-12(9)7-10-8-14-5-6-15(10)13(11)16/h2-4,10,14H,5-8H2,1H3. The van der Waals surface area contributed by atoms with Crippen molar-refractivity contribution < 1.29 is 4.79 Å². The fourth-order valence-electron chi connectivity index (χ4n) is 2.77. The van der Waals surface area contributed by atoms with E-state index in [9.17, 15) is 4.79 Å². The predicted octanol–water partition coefficient (Wildman–Crippen LogP) is 0.965. The van der Waals surface area contributed by atoms with Gasteiger partial charge in [-0.05, 0) is 30.5 Å². The smallest absolute Gasteiger partial charge is 0.254 e. The van der Waals surface area contributed by atoms with Gasteiger partial charge in [-0.15, -0.1) is 0 Å². The number of hydrogen-bond donors (Lipinski definition) is 1. The van der Waals surface area contributed by atoms with Crippen molar-refractivity contribution in [2.75, 3.05) is 19.6 Å². The van der Waals surface area contributed by atoms with Crippen molar-refractivity contribution in [3.63, 3.8) is 0 Å². The molecule has 1 N–H and O–H groups in total. The molecule has 0 saturated carbocycles. The second kappa shape index (κ2) is 3.59. The van der Waals surface area contributed by atoms with Crippen LogP contribution in [0.15, 0.2) is 18.2 Å². The Kier molecular flexibility index (Phi) is 2.21. The van der Waals surface area contributed by atoms with Crippen molar-refractivity contribution in [3.8, 4) is 0 Å². The number of hydrogen-bond acceptors (Lipinski definition) is 2. The van der Waals surface area contributed by atoms with Crippen LogP contribution in [0.5, 0.6) is 0 Å². The Labute approximate surface area is 95.4 Å². The first-order valence-electron chi connectivity index (χ1n) is 5.87. The summed E-state index contributed by atoms with van der Waals surface area (Å²) < 4.78 is 0. The highest BCUT2D eigenvalue weighted by atomic mass is 16.2. The number of carbonyl (C=O) groups excluding carboxylic acids is 1. The topological polar surface area (TPSA) is 32.3 Å². The Morgan fingerprint density at radius 3 is 3.19 bits per heavy atom. The minimum atomic E-state index is 0.219. The summed E-state index contributed by atoms with van der Waals surface area (Å²) in [5.41, 5.74) is 3.41. The fraction of sp³-hybridized carbons (Fsp3) is 0.462. The van der Waals surface area contributed by atoms with Crippen LogP contribution in [0.1, 0.15) is 21.5 Å². The normalized spacial score (nSPS) is 23.9. The molecule has 0 aromatic heterocycles. The molecule has 2 aliphatic heterocycles. The van der Waals surface area contributed by atoms with E-state index in [1.165, 1.54) is 11.1 Å². The van der Waals surface area contributed by atoms with Gasteiger partial charge in [-0.2, -0.15) is 0 Å². The number of fused-ring (bicyclic) bond motifs is 2. The number of piperazine rings is 1. The third-order valence-corrected chi connectivity index (χ3v) is 3.69. The van der Waals surface area contributed by atoms with Crippen LogP contribution in [0.2, 0.25) is 0 Å². The molecular formula is C13H16N2O. The van der Waals surface area contributed by atoms with Gasteiger partial charge in [0.05, 0.1) is 0 Å². The highest BCUT2D eigenvalue weighted by Crippen LogP contribution is 2.26. The lowest BCUT2D eigenvalue weighted by Gasteiger charge is -2.40. The highest BCUT2D eigenvalue weighted by molar-refractivity contribution is 5.97. The lowest BCUT2D eigenvalue weighted by atomic mass is 9.89. The molecule has 0 aliphatic carbocycles. The van der Waals surface area contributed by atoms with Crippen LogP contribution in [0, 0.1) is 6.92 Å². The lowest BCUT2D eigenvalue weighted by Crippen LogP contribution is -2.56. The van der Waals surface area contributed by atoms with E-state index in [1.807, 2.05) is 17.0 Å². The van der Waals surface area contributed by atoms with Gasteiger partial charge in [0, 0.05) is 31.2 Å². The summed E-state index contributed by atoms with van der Waals surface area (Å²) in [6, 6.07) is 6.39. The number of aryl methyl sites for hydroxylation is 1. The molecule has 16 heavy (non-hydrogen) atoms. The van der Waals surface area contributed by atoms with E-state index in [0.29, 0.717) is 6.04 Å². The number of amides is 1. The van der Waals surface area contributed by atoms with E-state index < -0.39 is 0 Å². The van der Waals surface area contributed by atoms with Gasteiger partial charge < -0.3 is 10.2 Å². The summed E-state index contributed by atoms with van der Waals surface area (Å²) in [7, 11) is 0. The Hall–Kier alpha value is -1.35. The second-order valence-corrected chi connectivity index (χ2v) is 4.66. The van der Waals surface area contributed by atoms with Crippen LogP contribution in [0.25, 0.3) is 0 Å². The first kappa shape index (κ1) is 9.85. The molecule has 3 rings (SSSR count). The first-order valence-corrected chi connectivity index (χ1v) is 5.87. The minimum Gasteiger partial charge on any atom is -0.333 e. The third-order valence-electron chi connectivity index (χ3n) is 3.69. The molecule has 1 amide bonds. The van der Waals surface area contributed by atoms with Crippen LogP contribution in [-0.4, -0.2) is 36.5 Å². The second-order valence-electron chi connectivity index (χ2n) is 4.66. The maximum absolute atomic E-state index is 12.3. The number of benzene rings is 1. The quantitative estimate of drug-likeness (QED) is 0.700. The summed E-state index contributed by atoms with van der Waals surface area (Å²) in [6.45, 7) is 4.79. The Balaban J connectivity index is 2.06. The zero-order valence-corrected chi connectivity index (χ0v) is 9.49. The van der Waals surface area contributed by atoms with E-state index in [-0.39, 0.29) is 5.91 Å². The first-order chi connectivity index (χ1) is 7.77. The van der Waals surface area contributed by atoms with Gasteiger partial charge in [0.1, 0.15) is 0 Å². The molecule has 0 radical (unpaired) electrons. The number of nitrogens with one attached hydrogen (secondary N) is 1. The van der Waals surface area contributed by atoms with E-state index in [2.05, 4.69) is 18.3 Å². The van der Waals surface area contributed by atoms with Crippen molar-refractivity contribution in [2.45, 2.75) is 19.4 Å². The van der Waals surface area contributed by atoms with E-state index >= 15 is 0 Å². The maximum Gasteiger partial charge on any atom is 0.254 e. The molecular weight excluding hydrogens is 200 g/mol. The molecule has 0 bridgehead atoms. The van der Waals surface area contributed by atoms with Crippen molar-refractivity contribution in [3.05, 3.63) is 34.9 Å². The van der Waals surface area contributed by atoms with Crippen molar-refractivity contribution >= 4 is 5.91 Å². The van der Waals surface area contributed by atoms with E-state index in [4.69, 9.17) is 0 Å². The molecule has 1 unspecified atom stereocenters. The molecule has 2 heterocycles. The predicted molar refractivity (Wildman–Crippen MR) is 62.6 cm³/mol. The summed E-state index contributed by atoms with van der Waals surface area (Å²) in [4.78, 5) is 14.3. The summed E-state index contributed by atoms with van der Waals surface area (Å²) in [6.07, 6.45) is 1.00. The van der Waals surface area contributed by atoms with Gasteiger partial charge in [0.2, 0.25) is 0 Å². The van der Waals surface area contributed by atoms with Gasteiger partial charge >= 0.3 is 0 Å². The molecule has 1 aromatic carbocycles. The van der Waals surface area contributed by atoms with Crippen LogP contribution in [0.3, 0.4) is 0 Å². The summed E-state index contributed by atoms with van der Waals surface area (Å²) in [5.74, 6) is 0.219. The highest BCUT2D eigenvalue weighted by Gasteiger charge is 2.34. The monoisotopic (exact) mass is 216 g/mol. The van der Waals surface area contributed by atoms with Crippen molar-refractivity contribution in [1.29, 1.82) is 0 Å².